The fourth-order valence-corrected chi connectivity index (χ4v) is 3.52. The first-order valence-electron chi connectivity index (χ1n) is 9.86. The van der Waals surface area contributed by atoms with Crippen LogP contribution in [0.4, 0.5) is 16.2 Å². The molecule has 176 valence electrons. The van der Waals surface area contributed by atoms with Gasteiger partial charge in [-0.3, -0.25) is 10.1 Å². The summed E-state index contributed by atoms with van der Waals surface area (Å²) >= 11 is 18.8. The predicted octanol–water partition coefficient (Wildman–Crippen LogP) is 7.75. The summed E-state index contributed by atoms with van der Waals surface area (Å²) in [7, 11) is 0. The molecule has 0 saturated carbocycles. The van der Waals surface area contributed by atoms with Gasteiger partial charge in [0.15, 0.2) is 5.75 Å². The first-order valence-corrected chi connectivity index (χ1v) is 11.0. The van der Waals surface area contributed by atoms with Gasteiger partial charge in [-0.15, -0.1) is 0 Å². The number of aliphatic imine (C=N–C) groups is 1. The van der Waals surface area contributed by atoms with Crippen molar-refractivity contribution in [1.82, 2.24) is 0 Å². The lowest BCUT2D eigenvalue weighted by atomic mass is 10.2. The van der Waals surface area contributed by atoms with Crippen molar-refractivity contribution in [3.63, 3.8) is 0 Å². The second-order valence-electron chi connectivity index (χ2n) is 7.12. The molecule has 3 rings (SSSR count). The number of carbonyl (C=O) groups is 1. The first-order chi connectivity index (χ1) is 16.1. The number of ether oxygens (including phenoxy) is 2. The van der Waals surface area contributed by atoms with Gasteiger partial charge in [-0.05, 0) is 50.2 Å². The van der Waals surface area contributed by atoms with Crippen LogP contribution >= 0.6 is 34.8 Å². The molecule has 0 aliphatic rings. The van der Waals surface area contributed by atoms with Crippen LogP contribution in [0.25, 0.3) is 0 Å². The third-order valence-electron chi connectivity index (χ3n) is 4.17. The molecule has 2 amide bonds. The largest absolute Gasteiger partial charge is 0.474 e. The van der Waals surface area contributed by atoms with Crippen LogP contribution in [0.5, 0.6) is 11.5 Å². The third kappa shape index (κ3) is 6.60. The van der Waals surface area contributed by atoms with E-state index >= 15 is 0 Å². The molecule has 0 fully saturated rings. The van der Waals surface area contributed by atoms with Crippen LogP contribution in [0.15, 0.2) is 65.7 Å². The van der Waals surface area contributed by atoms with Gasteiger partial charge in [0.1, 0.15) is 5.75 Å². The fourth-order valence-electron chi connectivity index (χ4n) is 2.73. The minimum absolute atomic E-state index is 0.0634. The van der Waals surface area contributed by atoms with Crippen molar-refractivity contribution in [2.24, 2.45) is 4.99 Å². The number of nitrogens with one attached hydrogen (secondary N) is 1. The van der Waals surface area contributed by atoms with E-state index in [1.54, 1.807) is 38.1 Å². The van der Waals surface area contributed by atoms with Crippen LogP contribution in [-0.2, 0) is 4.74 Å². The predicted molar refractivity (Wildman–Crippen MR) is 133 cm³/mol. The van der Waals surface area contributed by atoms with E-state index in [-0.39, 0.29) is 39.2 Å². The molecule has 0 saturated heterocycles. The minimum atomic E-state index is -0.730. The molecule has 3 aromatic carbocycles. The summed E-state index contributed by atoms with van der Waals surface area (Å²) in [6.07, 6.45) is -0.248. The standard InChI is InChI=1S/C23H18Cl3N3O5/c1-13(2)33-22(17-5-3-4-6-18(17)24)28-23(30)27-14-11-19(25)21(20(26)12-14)34-16-9-7-15(8-10-16)29(31)32/h3-13H,1-2H3,(H,27,30)/b28-22-. The summed E-state index contributed by atoms with van der Waals surface area (Å²) in [5.41, 5.74) is 0.652. The molecule has 0 radical (unpaired) electrons. The lowest BCUT2D eigenvalue weighted by Crippen LogP contribution is -2.17. The Balaban J connectivity index is 1.80. The Labute approximate surface area is 210 Å². The van der Waals surface area contributed by atoms with Crippen LogP contribution < -0.4 is 10.1 Å². The minimum Gasteiger partial charge on any atom is -0.474 e. The molecule has 0 spiro atoms. The Morgan fingerprint density at radius 3 is 2.18 bits per heavy atom. The second-order valence-corrected chi connectivity index (χ2v) is 8.34. The normalized spacial score (nSPS) is 11.3. The number of nitro benzene ring substituents is 1. The number of hydrogen-bond donors (Lipinski definition) is 1. The second kappa shape index (κ2) is 11.2. The zero-order valence-electron chi connectivity index (χ0n) is 17.9. The maximum atomic E-state index is 12.6. The zero-order valence-corrected chi connectivity index (χ0v) is 20.2. The van der Waals surface area contributed by atoms with E-state index in [1.807, 2.05) is 0 Å². The number of urea groups is 1. The van der Waals surface area contributed by atoms with E-state index < -0.39 is 11.0 Å². The highest BCUT2D eigenvalue weighted by molar-refractivity contribution is 6.37. The Hall–Kier alpha value is -3.33. The van der Waals surface area contributed by atoms with Crippen molar-refractivity contribution in [2.75, 3.05) is 5.32 Å². The number of rotatable bonds is 6. The van der Waals surface area contributed by atoms with E-state index in [9.17, 15) is 14.9 Å². The van der Waals surface area contributed by atoms with E-state index in [0.717, 1.165) is 0 Å². The number of halogens is 3. The van der Waals surface area contributed by atoms with Crippen molar-refractivity contribution in [1.29, 1.82) is 0 Å². The monoisotopic (exact) mass is 521 g/mol. The SMILES string of the molecule is CC(C)O/C(=N\C(=O)Nc1cc(Cl)c(Oc2ccc([N+](=O)[O-])cc2)c(Cl)c1)c1ccccc1Cl. The Morgan fingerprint density at radius 2 is 1.62 bits per heavy atom. The van der Waals surface area contributed by atoms with Crippen LogP contribution in [0.3, 0.4) is 0 Å². The number of nitrogens with zero attached hydrogens (tertiary/aromatic N) is 2. The van der Waals surface area contributed by atoms with E-state index in [0.29, 0.717) is 16.3 Å². The van der Waals surface area contributed by atoms with Crippen molar-refractivity contribution >= 4 is 58.1 Å². The number of non-ortho nitro benzene ring substituents is 1. The molecule has 11 heteroatoms. The Morgan fingerprint density at radius 1 is 1.00 bits per heavy atom. The number of hydrogen-bond acceptors (Lipinski definition) is 5. The number of carbonyl (C=O) groups excluding carboxylic acids is 1. The van der Waals surface area contributed by atoms with Crippen LogP contribution in [0.2, 0.25) is 15.1 Å². The fraction of sp³-hybridized carbons (Fsp3) is 0.130. The molecule has 0 aliphatic carbocycles. The molecule has 1 N–H and O–H groups in total. The molecular weight excluding hydrogens is 505 g/mol. The van der Waals surface area contributed by atoms with Crippen LogP contribution in [0, 0.1) is 10.1 Å². The van der Waals surface area contributed by atoms with Gasteiger partial charge in [0.05, 0.1) is 31.7 Å². The summed E-state index contributed by atoms with van der Waals surface area (Å²) in [5, 5.41) is 14.0. The maximum absolute atomic E-state index is 12.6. The van der Waals surface area contributed by atoms with E-state index in [1.165, 1.54) is 36.4 Å². The molecule has 0 atom stereocenters. The van der Waals surface area contributed by atoms with Crippen molar-refractivity contribution in [3.05, 3.63) is 91.4 Å². The smallest absolute Gasteiger partial charge is 0.348 e. The maximum Gasteiger partial charge on any atom is 0.348 e. The van der Waals surface area contributed by atoms with Gasteiger partial charge in [-0.2, -0.15) is 4.99 Å². The molecule has 0 aromatic heterocycles. The molecule has 0 heterocycles. The highest BCUT2D eigenvalue weighted by Crippen LogP contribution is 2.39. The average molecular weight is 523 g/mol. The summed E-state index contributed by atoms with van der Waals surface area (Å²) < 4.78 is 11.3. The molecule has 0 bridgehead atoms. The zero-order chi connectivity index (χ0) is 24.8. The van der Waals surface area contributed by atoms with E-state index in [2.05, 4.69) is 10.3 Å². The van der Waals surface area contributed by atoms with E-state index in [4.69, 9.17) is 44.3 Å². The summed E-state index contributed by atoms with van der Waals surface area (Å²) in [5.74, 6) is 0.484. The average Bonchev–Trinajstić information content (AvgIpc) is 2.76. The van der Waals surface area contributed by atoms with Gasteiger partial charge in [0.2, 0.25) is 5.90 Å². The van der Waals surface area contributed by atoms with Gasteiger partial charge < -0.3 is 14.8 Å². The number of amides is 2. The molecular formula is C23H18Cl3N3O5. The van der Waals surface area contributed by atoms with Gasteiger partial charge >= 0.3 is 6.03 Å². The summed E-state index contributed by atoms with van der Waals surface area (Å²) in [6.45, 7) is 3.60. The van der Waals surface area contributed by atoms with Gasteiger partial charge in [0, 0.05) is 17.8 Å². The van der Waals surface area contributed by atoms with Crippen LogP contribution in [-0.4, -0.2) is 23.0 Å². The first kappa shape index (κ1) is 25.3. The number of benzene rings is 3. The number of anilines is 1. The Bertz CT molecular complexity index is 1220. The van der Waals surface area contributed by atoms with Gasteiger partial charge in [-0.25, -0.2) is 4.79 Å². The van der Waals surface area contributed by atoms with Gasteiger partial charge in [0.25, 0.3) is 5.69 Å². The highest BCUT2D eigenvalue weighted by Gasteiger charge is 2.16. The molecule has 0 unspecified atom stereocenters. The summed E-state index contributed by atoms with van der Waals surface area (Å²) in [4.78, 5) is 26.8. The summed E-state index contributed by atoms with van der Waals surface area (Å²) in [6, 6.07) is 14.4. The number of nitro groups is 1. The highest BCUT2D eigenvalue weighted by atomic mass is 35.5. The van der Waals surface area contributed by atoms with Crippen molar-refractivity contribution < 1.29 is 19.2 Å². The molecule has 0 aliphatic heterocycles. The molecule has 8 nitrogen and oxygen atoms in total. The quantitative estimate of drug-likeness (QED) is 0.154. The van der Waals surface area contributed by atoms with Crippen molar-refractivity contribution in [3.8, 4) is 11.5 Å². The Kier molecular flexibility index (Phi) is 8.33. The topological polar surface area (TPSA) is 103 Å². The van der Waals surface area contributed by atoms with Gasteiger partial charge in [-0.1, -0.05) is 46.9 Å². The lowest BCUT2D eigenvalue weighted by Gasteiger charge is -2.14. The molecule has 34 heavy (non-hydrogen) atoms. The van der Waals surface area contributed by atoms with Crippen LogP contribution in [0.1, 0.15) is 19.4 Å². The lowest BCUT2D eigenvalue weighted by molar-refractivity contribution is -0.384. The third-order valence-corrected chi connectivity index (χ3v) is 5.06. The van der Waals surface area contributed by atoms with Crippen molar-refractivity contribution in [2.45, 2.75) is 20.0 Å². The molecule has 3 aromatic rings.